The van der Waals surface area contributed by atoms with E-state index in [9.17, 15) is 4.79 Å². The normalized spacial score (nSPS) is 11.6. The van der Waals surface area contributed by atoms with Gasteiger partial charge in [0, 0.05) is 11.3 Å². The summed E-state index contributed by atoms with van der Waals surface area (Å²) in [7, 11) is 1.34. The van der Waals surface area contributed by atoms with Gasteiger partial charge in [-0.25, -0.2) is 4.79 Å². The van der Waals surface area contributed by atoms with Crippen molar-refractivity contribution >= 4 is 29.1 Å². The Labute approximate surface area is 139 Å². The minimum absolute atomic E-state index is 0.362. The second-order valence-electron chi connectivity index (χ2n) is 4.54. The summed E-state index contributed by atoms with van der Waals surface area (Å²) in [4.78, 5) is 11.6. The standard InChI is InChI=1S/C17H17N3O2S/c1-22-16(21)15-10-6-5-9-14(15)11-19-20-17(18)23-12-13-7-3-2-4-8-13/h2-11H,12H2,1H3,(H2,18,20). The molecule has 0 radical (unpaired) electrons. The monoisotopic (exact) mass is 327 g/mol. The first-order valence-corrected chi connectivity index (χ1v) is 7.90. The number of hydrogen-bond donors (Lipinski definition) is 1. The Hall–Kier alpha value is -2.60. The van der Waals surface area contributed by atoms with Crippen molar-refractivity contribution in [3.8, 4) is 0 Å². The molecule has 0 saturated heterocycles. The number of nitrogens with two attached hydrogens (primary N) is 1. The highest BCUT2D eigenvalue weighted by Gasteiger charge is 2.08. The average molecular weight is 327 g/mol. The molecule has 2 rings (SSSR count). The molecule has 6 heteroatoms. The van der Waals surface area contributed by atoms with Gasteiger partial charge in [0.2, 0.25) is 0 Å². The van der Waals surface area contributed by atoms with Crippen molar-refractivity contribution in [3.63, 3.8) is 0 Å². The van der Waals surface area contributed by atoms with E-state index in [0.29, 0.717) is 16.3 Å². The Balaban J connectivity index is 1.99. The Morgan fingerprint density at radius 2 is 1.87 bits per heavy atom. The largest absolute Gasteiger partial charge is 0.465 e. The highest BCUT2D eigenvalue weighted by Crippen LogP contribution is 2.12. The molecule has 0 aromatic heterocycles. The number of methoxy groups -OCH3 is 1. The number of thioether (sulfide) groups is 1. The van der Waals surface area contributed by atoms with Gasteiger partial charge in [-0.05, 0) is 11.6 Å². The Morgan fingerprint density at radius 3 is 2.61 bits per heavy atom. The summed E-state index contributed by atoms with van der Waals surface area (Å²) >= 11 is 1.40. The van der Waals surface area contributed by atoms with Crippen LogP contribution in [0.3, 0.4) is 0 Å². The summed E-state index contributed by atoms with van der Waals surface area (Å²) < 4.78 is 4.73. The molecule has 0 saturated carbocycles. The van der Waals surface area contributed by atoms with Crippen LogP contribution in [0.4, 0.5) is 0 Å². The van der Waals surface area contributed by atoms with E-state index < -0.39 is 5.97 Å². The lowest BCUT2D eigenvalue weighted by molar-refractivity contribution is 0.0600. The maximum atomic E-state index is 11.6. The van der Waals surface area contributed by atoms with E-state index in [-0.39, 0.29) is 0 Å². The van der Waals surface area contributed by atoms with Gasteiger partial charge in [-0.2, -0.15) is 5.10 Å². The van der Waals surface area contributed by atoms with Crippen molar-refractivity contribution in [2.75, 3.05) is 7.11 Å². The average Bonchev–Trinajstić information content (AvgIpc) is 2.60. The first-order chi connectivity index (χ1) is 11.2. The van der Waals surface area contributed by atoms with Crippen molar-refractivity contribution < 1.29 is 9.53 Å². The van der Waals surface area contributed by atoms with Gasteiger partial charge in [0.1, 0.15) is 0 Å². The van der Waals surface area contributed by atoms with E-state index in [1.54, 1.807) is 18.2 Å². The zero-order chi connectivity index (χ0) is 16.5. The molecule has 118 valence electrons. The topological polar surface area (TPSA) is 77.0 Å². The van der Waals surface area contributed by atoms with E-state index in [1.165, 1.54) is 25.1 Å². The predicted octanol–water partition coefficient (Wildman–Crippen LogP) is 3.06. The van der Waals surface area contributed by atoms with Crippen LogP contribution in [0.15, 0.2) is 64.8 Å². The van der Waals surface area contributed by atoms with Gasteiger partial charge >= 0.3 is 5.97 Å². The number of benzene rings is 2. The van der Waals surface area contributed by atoms with Gasteiger partial charge in [0.25, 0.3) is 0 Å². The smallest absolute Gasteiger partial charge is 0.338 e. The zero-order valence-electron chi connectivity index (χ0n) is 12.7. The summed E-state index contributed by atoms with van der Waals surface area (Å²) in [6.07, 6.45) is 1.49. The second kappa shape index (κ2) is 8.75. The van der Waals surface area contributed by atoms with Gasteiger partial charge < -0.3 is 10.5 Å². The number of carbonyl (C=O) groups excluding carboxylic acids is 1. The van der Waals surface area contributed by atoms with Gasteiger partial charge in [-0.3, -0.25) is 0 Å². The third-order valence-electron chi connectivity index (χ3n) is 2.95. The van der Waals surface area contributed by atoms with Crippen LogP contribution < -0.4 is 5.73 Å². The molecule has 0 aliphatic carbocycles. The highest BCUT2D eigenvalue weighted by atomic mass is 32.2. The zero-order valence-corrected chi connectivity index (χ0v) is 13.5. The summed E-state index contributed by atoms with van der Waals surface area (Å²) in [5.74, 6) is 0.312. The molecule has 0 bridgehead atoms. The lowest BCUT2D eigenvalue weighted by Crippen LogP contribution is -2.07. The maximum Gasteiger partial charge on any atom is 0.338 e. The van der Waals surface area contributed by atoms with Crippen molar-refractivity contribution in [2.24, 2.45) is 15.9 Å². The number of ether oxygens (including phenoxy) is 1. The molecule has 2 aromatic carbocycles. The predicted molar refractivity (Wildman–Crippen MR) is 94.7 cm³/mol. The third-order valence-corrected chi connectivity index (χ3v) is 3.80. The molecule has 0 aliphatic heterocycles. The minimum atomic E-state index is -0.414. The molecular weight excluding hydrogens is 310 g/mol. The van der Waals surface area contributed by atoms with E-state index in [4.69, 9.17) is 10.5 Å². The molecule has 2 N–H and O–H groups in total. The van der Waals surface area contributed by atoms with E-state index >= 15 is 0 Å². The number of amidine groups is 1. The molecule has 0 unspecified atom stereocenters. The summed E-state index contributed by atoms with van der Waals surface area (Å²) in [6, 6.07) is 17.0. The Morgan fingerprint density at radius 1 is 1.17 bits per heavy atom. The summed E-state index contributed by atoms with van der Waals surface area (Å²) in [5.41, 5.74) is 8.04. The summed E-state index contributed by atoms with van der Waals surface area (Å²) in [6.45, 7) is 0. The van der Waals surface area contributed by atoms with Crippen molar-refractivity contribution in [2.45, 2.75) is 5.75 Å². The SMILES string of the molecule is COC(=O)c1ccccc1C=NN=C(N)SCc1ccccc1. The molecule has 0 aliphatic rings. The minimum Gasteiger partial charge on any atom is -0.465 e. The summed E-state index contributed by atoms with van der Waals surface area (Å²) in [5, 5.41) is 8.24. The first kappa shape index (κ1) is 16.8. The quantitative estimate of drug-likeness (QED) is 0.396. The van der Waals surface area contributed by atoms with Crippen LogP contribution in [0.1, 0.15) is 21.5 Å². The highest BCUT2D eigenvalue weighted by molar-refractivity contribution is 8.13. The van der Waals surface area contributed by atoms with Gasteiger partial charge in [0.05, 0.1) is 18.9 Å². The number of esters is 1. The fourth-order valence-electron chi connectivity index (χ4n) is 1.81. The first-order valence-electron chi connectivity index (χ1n) is 6.91. The number of nitrogens with zero attached hydrogens (tertiary/aromatic N) is 2. The van der Waals surface area contributed by atoms with E-state index in [1.807, 2.05) is 36.4 Å². The molecule has 0 spiro atoms. The Kier molecular flexibility index (Phi) is 6.38. The van der Waals surface area contributed by atoms with Crippen molar-refractivity contribution in [3.05, 3.63) is 71.3 Å². The van der Waals surface area contributed by atoms with Crippen LogP contribution in [0.2, 0.25) is 0 Å². The number of carbonyl (C=O) groups is 1. The van der Waals surface area contributed by atoms with Crippen molar-refractivity contribution in [1.29, 1.82) is 0 Å². The van der Waals surface area contributed by atoms with Crippen LogP contribution >= 0.6 is 11.8 Å². The third kappa shape index (κ3) is 5.27. The maximum absolute atomic E-state index is 11.6. The fraction of sp³-hybridized carbons (Fsp3) is 0.118. The van der Waals surface area contributed by atoms with Gasteiger partial charge in [0.15, 0.2) is 5.17 Å². The van der Waals surface area contributed by atoms with Crippen LogP contribution in [0, 0.1) is 0 Å². The number of hydrogen-bond acceptors (Lipinski definition) is 5. The van der Waals surface area contributed by atoms with Gasteiger partial charge in [-0.15, -0.1) is 5.10 Å². The van der Waals surface area contributed by atoms with E-state index in [0.717, 1.165) is 11.3 Å². The van der Waals surface area contributed by atoms with Crippen LogP contribution in [0.5, 0.6) is 0 Å². The molecule has 0 amide bonds. The van der Waals surface area contributed by atoms with Gasteiger partial charge in [-0.1, -0.05) is 60.3 Å². The van der Waals surface area contributed by atoms with Crippen molar-refractivity contribution in [1.82, 2.24) is 0 Å². The Bertz CT molecular complexity index is 715. The molecular formula is C17H17N3O2S. The molecule has 0 atom stereocenters. The van der Waals surface area contributed by atoms with Crippen LogP contribution in [0.25, 0.3) is 0 Å². The fourth-order valence-corrected chi connectivity index (χ4v) is 2.43. The molecule has 0 fully saturated rings. The second-order valence-corrected chi connectivity index (χ2v) is 5.53. The lowest BCUT2D eigenvalue weighted by Gasteiger charge is -2.02. The van der Waals surface area contributed by atoms with Crippen LogP contribution in [-0.2, 0) is 10.5 Å². The molecule has 2 aromatic rings. The van der Waals surface area contributed by atoms with E-state index in [2.05, 4.69) is 10.2 Å². The molecule has 5 nitrogen and oxygen atoms in total. The van der Waals surface area contributed by atoms with Crippen LogP contribution in [-0.4, -0.2) is 24.5 Å². The lowest BCUT2D eigenvalue weighted by atomic mass is 10.1. The number of rotatable bonds is 5. The molecule has 0 heterocycles. The molecule has 23 heavy (non-hydrogen) atoms.